The lowest BCUT2D eigenvalue weighted by Gasteiger charge is -2.41. The maximum Gasteiger partial charge on any atom is 0.226 e. The fourth-order valence-electron chi connectivity index (χ4n) is 5.25. The standard InChI is InChI=1S/C26H30ClFN4OS/c1-16-14-31(9-10-32(16)25(33)18-5-3-4-6-18)15-19-11-20(27)12-22(17(19)2)29-26-30-23-13-21(28)7-8-24(23)34-26/h7-8,11-13,16,18H,3-6,9-10,14-15H2,1-2H3,(H,29,30)/t16-/m0/s1. The second-order valence-corrected chi connectivity index (χ2v) is 11.1. The van der Waals surface area contributed by atoms with E-state index in [1.807, 2.05) is 12.1 Å². The Kier molecular flexibility index (Phi) is 6.78. The van der Waals surface area contributed by atoms with Crippen LogP contribution in [0.5, 0.6) is 0 Å². The van der Waals surface area contributed by atoms with Crippen LogP contribution in [0.3, 0.4) is 0 Å². The van der Waals surface area contributed by atoms with E-state index in [2.05, 4.69) is 33.9 Å². The number of piperazine rings is 1. The smallest absolute Gasteiger partial charge is 0.226 e. The highest BCUT2D eigenvalue weighted by molar-refractivity contribution is 7.22. The molecule has 0 spiro atoms. The van der Waals surface area contributed by atoms with Gasteiger partial charge in [0.25, 0.3) is 0 Å². The largest absolute Gasteiger partial charge is 0.337 e. The molecule has 1 aromatic heterocycles. The van der Waals surface area contributed by atoms with Gasteiger partial charge in [-0.3, -0.25) is 9.69 Å². The van der Waals surface area contributed by atoms with Crippen LogP contribution in [0.1, 0.15) is 43.7 Å². The molecule has 1 saturated carbocycles. The van der Waals surface area contributed by atoms with Gasteiger partial charge in [-0.1, -0.05) is 35.8 Å². The lowest BCUT2D eigenvalue weighted by atomic mass is 10.0. The van der Waals surface area contributed by atoms with E-state index in [1.54, 1.807) is 6.07 Å². The molecule has 1 atom stereocenters. The van der Waals surface area contributed by atoms with Gasteiger partial charge in [0.15, 0.2) is 5.13 Å². The van der Waals surface area contributed by atoms with Gasteiger partial charge in [0.05, 0.1) is 10.2 Å². The molecule has 0 bridgehead atoms. The number of fused-ring (bicyclic) bond motifs is 1. The number of nitrogens with one attached hydrogen (secondary N) is 1. The minimum absolute atomic E-state index is 0.210. The number of benzene rings is 2. The molecule has 1 aliphatic heterocycles. The Hall–Kier alpha value is -2.22. The number of hydrogen-bond donors (Lipinski definition) is 1. The van der Waals surface area contributed by atoms with Crippen LogP contribution in [0.4, 0.5) is 15.2 Å². The van der Waals surface area contributed by atoms with Crippen molar-refractivity contribution in [2.24, 2.45) is 5.92 Å². The molecular formula is C26H30ClFN4OS. The SMILES string of the molecule is Cc1c(CN2CCN(C(=O)C3CCCC3)[C@@H](C)C2)cc(Cl)cc1Nc1nc2cc(F)ccc2s1. The third-order valence-electron chi connectivity index (χ3n) is 7.16. The summed E-state index contributed by atoms with van der Waals surface area (Å²) >= 11 is 7.98. The molecule has 1 aliphatic carbocycles. The minimum Gasteiger partial charge on any atom is -0.337 e. The summed E-state index contributed by atoms with van der Waals surface area (Å²) in [5, 5.41) is 4.77. The summed E-state index contributed by atoms with van der Waals surface area (Å²) in [6, 6.07) is 8.80. The molecule has 2 heterocycles. The second kappa shape index (κ2) is 9.80. The predicted octanol–water partition coefficient (Wildman–Crippen LogP) is 6.36. The van der Waals surface area contributed by atoms with E-state index in [4.69, 9.17) is 11.6 Å². The summed E-state index contributed by atoms with van der Waals surface area (Å²) in [5.41, 5.74) is 3.83. The second-order valence-electron chi connectivity index (χ2n) is 9.59. The van der Waals surface area contributed by atoms with Crippen LogP contribution in [0, 0.1) is 18.7 Å². The topological polar surface area (TPSA) is 48.5 Å². The fraction of sp³-hybridized carbons (Fsp3) is 0.462. The predicted molar refractivity (Wildman–Crippen MR) is 137 cm³/mol. The molecule has 0 radical (unpaired) electrons. The number of amides is 1. The molecule has 34 heavy (non-hydrogen) atoms. The lowest BCUT2D eigenvalue weighted by molar-refractivity contribution is -0.140. The first-order chi connectivity index (χ1) is 16.4. The van der Waals surface area contributed by atoms with Crippen LogP contribution in [-0.4, -0.2) is 46.4 Å². The van der Waals surface area contributed by atoms with E-state index >= 15 is 0 Å². The zero-order chi connectivity index (χ0) is 23.8. The van der Waals surface area contributed by atoms with Crippen molar-refractivity contribution in [3.63, 3.8) is 0 Å². The maximum atomic E-state index is 13.5. The molecule has 2 fully saturated rings. The Balaban J connectivity index is 1.28. The van der Waals surface area contributed by atoms with Crippen molar-refractivity contribution >= 4 is 49.9 Å². The zero-order valence-corrected chi connectivity index (χ0v) is 21.2. The quantitative estimate of drug-likeness (QED) is 0.442. The highest BCUT2D eigenvalue weighted by Crippen LogP contribution is 2.33. The van der Waals surface area contributed by atoms with Crippen molar-refractivity contribution in [1.82, 2.24) is 14.8 Å². The first-order valence-electron chi connectivity index (χ1n) is 12.0. The minimum atomic E-state index is -0.287. The molecule has 5 nitrogen and oxygen atoms in total. The maximum absolute atomic E-state index is 13.5. The average Bonchev–Trinajstić information content (AvgIpc) is 3.46. The zero-order valence-electron chi connectivity index (χ0n) is 19.6. The van der Waals surface area contributed by atoms with Crippen molar-refractivity contribution in [2.45, 2.75) is 52.1 Å². The Bertz CT molecular complexity index is 1210. The highest BCUT2D eigenvalue weighted by atomic mass is 35.5. The third-order valence-corrected chi connectivity index (χ3v) is 8.33. The number of hydrogen-bond acceptors (Lipinski definition) is 5. The summed E-state index contributed by atoms with van der Waals surface area (Å²) in [5.74, 6) is 0.299. The number of anilines is 2. The number of carbonyl (C=O) groups excluding carboxylic acids is 1. The van der Waals surface area contributed by atoms with Crippen molar-refractivity contribution in [2.75, 3.05) is 25.0 Å². The van der Waals surface area contributed by atoms with E-state index in [0.29, 0.717) is 21.6 Å². The summed E-state index contributed by atoms with van der Waals surface area (Å²) in [4.78, 5) is 22.0. The number of rotatable bonds is 5. The van der Waals surface area contributed by atoms with Crippen molar-refractivity contribution in [3.05, 3.63) is 52.3 Å². The molecule has 2 aliphatic rings. The van der Waals surface area contributed by atoms with E-state index < -0.39 is 0 Å². The van der Waals surface area contributed by atoms with Crippen molar-refractivity contribution < 1.29 is 9.18 Å². The van der Waals surface area contributed by atoms with Gasteiger partial charge in [0.1, 0.15) is 5.82 Å². The summed E-state index contributed by atoms with van der Waals surface area (Å²) in [6.45, 7) is 7.53. The van der Waals surface area contributed by atoms with Gasteiger partial charge in [0, 0.05) is 54.9 Å². The van der Waals surface area contributed by atoms with Gasteiger partial charge in [-0.05, 0) is 62.1 Å². The average molecular weight is 501 g/mol. The molecule has 5 rings (SSSR count). The Morgan fingerprint density at radius 2 is 2.03 bits per heavy atom. The van der Waals surface area contributed by atoms with Crippen LogP contribution in [-0.2, 0) is 11.3 Å². The third kappa shape index (κ3) is 4.92. The monoisotopic (exact) mass is 500 g/mol. The van der Waals surface area contributed by atoms with E-state index in [0.717, 1.165) is 60.5 Å². The summed E-state index contributed by atoms with van der Waals surface area (Å²) in [6.07, 6.45) is 4.46. The number of aromatic nitrogens is 1. The van der Waals surface area contributed by atoms with Gasteiger partial charge >= 0.3 is 0 Å². The number of halogens is 2. The fourth-order valence-corrected chi connectivity index (χ4v) is 6.35. The first kappa shape index (κ1) is 23.5. The highest BCUT2D eigenvalue weighted by Gasteiger charge is 2.33. The van der Waals surface area contributed by atoms with Crippen LogP contribution in [0.2, 0.25) is 5.02 Å². The molecule has 180 valence electrons. The Morgan fingerprint density at radius 3 is 2.79 bits per heavy atom. The lowest BCUT2D eigenvalue weighted by Crippen LogP contribution is -2.54. The van der Waals surface area contributed by atoms with E-state index in [-0.39, 0.29) is 17.8 Å². The Morgan fingerprint density at radius 1 is 1.24 bits per heavy atom. The van der Waals surface area contributed by atoms with Gasteiger partial charge in [-0.25, -0.2) is 9.37 Å². The van der Waals surface area contributed by atoms with Crippen LogP contribution in [0.25, 0.3) is 10.2 Å². The number of nitrogens with zero attached hydrogens (tertiary/aromatic N) is 3. The summed E-state index contributed by atoms with van der Waals surface area (Å²) < 4.78 is 14.5. The van der Waals surface area contributed by atoms with E-state index in [9.17, 15) is 9.18 Å². The molecule has 8 heteroatoms. The molecule has 1 amide bonds. The molecular weight excluding hydrogens is 471 g/mol. The van der Waals surface area contributed by atoms with E-state index in [1.165, 1.54) is 36.3 Å². The van der Waals surface area contributed by atoms with Gasteiger partial charge in [-0.2, -0.15) is 0 Å². The number of carbonyl (C=O) groups is 1. The van der Waals surface area contributed by atoms with Gasteiger partial charge in [0.2, 0.25) is 5.91 Å². The Labute approximate surface area is 208 Å². The molecule has 1 saturated heterocycles. The van der Waals surface area contributed by atoms with Gasteiger partial charge < -0.3 is 10.2 Å². The molecule has 0 unspecified atom stereocenters. The molecule has 3 aromatic rings. The van der Waals surface area contributed by atoms with Crippen LogP contribution >= 0.6 is 22.9 Å². The van der Waals surface area contributed by atoms with Crippen molar-refractivity contribution in [1.29, 1.82) is 0 Å². The van der Waals surface area contributed by atoms with Crippen LogP contribution in [0.15, 0.2) is 30.3 Å². The molecule has 2 aromatic carbocycles. The van der Waals surface area contributed by atoms with Crippen molar-refractivity contribution in [3.8, 4) is 0 Å². The molecule has 1 N–H and O–H groups in total. The normalized spacial score (nSPS) is 19.8. The summed E-state index contributed by atoms with van der Waals surface area (Å²) in [7, 11) is 0. The first-order valence-corrected chi connectivity index (χ1v) is 13.2. The number of thiazole rings is 1. The van der Waals surface area contributed by atoms with Crippen LogP contribution < -0.4 is 5.32 Å². The van der Waals surface area contributed by atoms with Gasteiger partial charge in [-0.15, -0.1) is 0 Å².